The van der Waals surface area contributed by atoms with Crippen LogP contribution in [0.15, 0.2) is 53.5 Å². The summed E-state index contributed by atoms with van der Waals surface area (Å²) >= 11 is 6.04. The third-order valence-electron chi connectivity index (χ3n) is 6.35. The number of amides is 1. The predicted molar refractivity (Wildman–Crippen MR) is 140 cm³/mol. The van der Waals surface area contributed by atoms with E-state index in [1.807, 2.05) is 24.3 Å². The van der Waals surface area contributed by atoms with Crippen LogP contribution in [-0.4, -0.2) is 58.6 Å². The molecule has 2 N–H and O–H groups in total. The van der Waals surface area contributed by atoms with Crippen molar-refractivity contribution in [3.63, 3.8) is 0 Å². The number of carbonyl (C=O) groups is 1. The van der Waals surface area contributed by atoms with E-state index in [0.29, 0.717) is 34.6 Å². The fourth-order valence-electron chi connectivity index (χ4n) is 4.50. The first kappa shape index (κ1) is 25.0. The predicted octanol–water partition coefficient (Wildman–Crippen LogP) is 4.04. The Labute approximate surface area is 210 Å². The molecule has 1 fully saturated rings. The minimum absolute atomic E-state index is 0.108. The Balaban J connectivity index is 1.59. The van der Waals surface area contributed by atoms with Crippen molar-refractivity contribution in [1.29, 1.82) is 0 Å². The molecule has 1 aliphatic heterocycles. The Hall–Kier alpha value is -3.11. The van der Waals surface area contributed by atoms with Crippen molar-refractivity contribution < 1.29 is 9.90 Å². The number of hydrogen-bond donors (Lipinski definition) is 2. The van der Waals surface area contributed by atoms with Crippen LogP contribution in [-0.2, 0) is 6.54 Å². The molecule has 3 aromatic rings. The maximum atomic E-state index is 13.6. The Bertz CT molecular complexity index is 1280. The largest absolute Gasteiger partial charge is 0.384 e. The summed E-state index contributed by atoms with van der Waals surface area (Å²) in [7, 11) is 0. The molecule has 1 amide bonds. The summed E-state index contributed by atoms with van der Waals surface area (Å²) < 4.78 is 0. The number of nitrogens with zero attached hydrogens (tertiary/aromatic N) is 2. The van der Waals surface area contributed by atoms with Crippen LogP contribution in [0.1, 0.15) is 47.2 Å². The van der Waals surface area contributed by atoms with Gasteiger partial charge in [0, 0.05) is 40.8 Å². The fraction of sp³-hybridized carbons (Fsp3) is 0.357. The van der Waals surface area contributed by atoms with Gasteiger partial charge in [0.1, 0.15) is 12.2 Å². The molecule has 0 atom stereocenters. The second kappa shape index (κ2) is 12.0. The summed E-state index contributed by atoms with van der Waals surface area (Å²) in [6, 6.07) is 12.6. The molecular weight excluding hydrogens is 462 g/mol. The van der Waals surface area contributed by atoms with E-state index in [1.54, 1.807) is 23.1 Å². The van der Waals surface area contributed by atoms with Crippen molar-refractivity contribution in [3.8, 4) is 11.8 Å². The van der Waals surface area contributed by atoms with E-state index >= 15 is 0 Å². The number of halogens is 1. The number of aromatic amines is 1. The van der Waals surface area contributed by atoms with Crippen molar-refractivity contribution in [1.82, 2.24) is 14.8 Å². The first-order chi connectivity index (χ1) is 17.0. The van der Waals surface area contributed by atoms with Gasteiger partial charge in [0.2, 0.25) is 5.43 Å². The molecule has 2 aromatic carbocycles. The monoisotopic (exact) mass is 491 g/mol. The van der Waals surface area contributed by atoms with Gasteiger partial charge in [-0.15, -0.1) is 0 Å². The molecule has 1 aromatic heterocycles. The first-order valence-electron chi connectivity index (χ1n) is 12.1. The van der Waals surface area contributed by atoms with E-state index in [9.17, 15) is 9.59 Å². The van der Waals surface area contributed by atoms with Crippen molar-refractivity contribution in [2.45, 2.75) is 32.2 Å². The normalized spacial score (nSPS) is 13.9. The zero-order chi connectivity index (χ0) is 24.6. The average Bonchev–Trinajstić information content (AvgIpc) is 2.88. The SMILES string of the molecule is O=C(c1c[nH]c2ccc(C#CCO)cc2c1=O)N(CCCN1CCCCC1)Cc1ccc(Cl)cc1. The highest BCUT2D eigenvalue weighted by Gasteiger charge is 2.21. The molecule has 0 bridgehead atoms. The number of benzene rings is 2. The van der Waals surface area contributed by atoms with E-state index < -0.39 is 0 Å². The average molecular weight is 492 g/mol. The molecule has 182 valence electrons. The third-order valence-corrected chi connectivity index (χ3v) is 6.60. The number of pyridine rings is 1. The number of hydrogen-bond acceptors (Lipinski definition) is 4. The number of aliphatic hydroxyl groups excluding tert-OH is 1. The summed E-state index contributed by atoms with van der Waals surface area (Å²) in [5.41, 5.74) is 1.99. The number of likely N-dealkylation sites (tertiary alicyclic amines) is 1. The topological polar surface area (TPSA) is 76.6 Å². The lowest BCUT2D eigenvalue weighted by molar-refractivity contribution is 0.0731. The summed E-state index contributed by atoms with van der Waals surface area (Å²) in [5, 5.41) is 10.0. The summed E-state index contributed by atoms with van der Waals surface area (Å²) in [5.74, 6) is 5.11. The molecule has 7 heteroatoms. The Morgan fingerprint density at radius 2 is 1.89 bits per heavy atom. The zero-order valence-corrected chi connectivity index (χ0v) is 20.5. The van der Waals surface area contributed by atoms with Crippen molar-refractivity contribution >= 4 is 28.4 Å². The molecule has 4 rings (SSSR count). The molecule has 0 saturated carbocycles. The van der Waals surface area contributed by atoms with E-state index in [4.69, 9.17) is 16.7 Å². The third kappa shape index (κ3) is 6.52. The van der Waals surface area contributed by atoms with Gasteiger partial charge in [0.15, 0.2) is 0 Å². The lowest BCUT2D eigenvalue weighted by Crippen LogP contribution is -2.37. The molecule has 0 spiro atoms. The smallest absolute Gasteiger partial charge is 0.259 e. The number of fused-ring (bicyclic) bond motifs is 1. The van der Waals surface area contributed by atoms with E-state index in [2.05, 4.69) is 21.7 Å². The van der Waals surface area contributed by atoms with Crippen LogP contribution in [0.25, 0.3) is 10.9 Å². The van der Waals surface area contributed by atoms with Gasteiger partial charge in [-0.25, -0.2) is 0 Å². The number of aromatic nitrogens is 1. The van der Waals surface area contributed by atoms with Gasteiger partial charge < -0.3 is 19.9 Å². The van der Waals surface area contributed by atoms with Crippen LogP contribution in [0, 0.1) is 11.8 Å². The Morgan fingerprint density at radius 3 is 2.63 bits per heavy atom. The summed E-state index contributed by atoms with van der Waals surface area (Å²) in [6.45, 7) is 3.84. The molecule has 6 nitrogen and oxygen atoms in total. The number of aliphatic hydroxyl groups is 1. The molecule has 35 heavy (non-hydrogen) atoms. The second-order valence-corrected chi connectivity index (χ2v) is 9.30. The van der Waals surface area contributed by atoms with Crippen LogP contribution < -0.4 is 5.43 Å². The Kier molecular flexibility index (Phi) is 8.59. The second-order valence-electron chi connectivity index (χ2n) is 8.86. The van der Waals surface area contributed by atoms with Crippen LogP contribution in [0.3, 0.4) is 0 Å². The van der Waals surface area contributed by atoms with Crippen molar-refractivity contribution in [2.24, 2.45) is 0 Å². The number of piperidine rings is 1. The van der Waals surface area contributed by atoms with E-state index in [-0.39, 0.29) is 23.5 Å². The number of rotatable bonds is 7. The summed E-state index contributed by atoms with van der Waals surface area (Å²) in [6.07, 6.45) is 6.09. The fourth-order valence-corrected chi connectivity index (χ4v) is 4.62. The van der Waals surface area contributed by atoms with Gasteiger partial charge >= 0.3 is 0 Å². The zero-order valence-electron chi connectivity index (χ0n) is 19.7. The number of H-pyrrole nitrogens is 1. The van der Waals surface area contributed by atoms with Gasteiger partial charge in [-0.1, -0.05) is 42.0 Å². The molecule has 2 heterocycles. The maximum absolute atomic E-state index is 13.6. The van der Waals surface area contributed by atoms with E-state index in [1.165, 1.54) is 25.5 Å². The molecule has 1 saturated heterocycles. The van der Waals surface area contributed by atoms with E-state index in [0.717, 1.165) is 31.6 Å². The van der Waals surface area contributed by atoms with Crippen LogP contribution >= 0.6 is 11.6 Å². The lowest BCUT2D eigenvalue weighted by Gasteiger charge is -2.28. The van der Waals surface area contributed by atoms with Crippen LogP contribution in [0.2, 0.25) is 5.02 Å². The molecule has 0 radical (unpaired) electrons. The van der Waals surface area contributed by atoms with Crippen molar-refractivity contribution in [3.05, 3.63) is 80.6 Å². The quantitative estimate of drug-likeness (QED) is 0.489. The van der Waals surface area contributed by atoms with Crippen molar-refractivity contribution in [2.75, 3.05) is 32.8 Å². The van der Waals surface area contributed by atoms with Gasteiger partial charge in [-0.05, 0) is 74.8 Å². The molecule has 0 unspecified atom stereocenters. The van der Waals surface area contributed by atoms with Crippen LogP contribution in [0.5, 0.6) is 0 Å². The highest BCUT2D eigenvalue weighted by atomic mass is 35.5. The van der Waals surface area contributed by atoms with Gasteiger partial charge in [-0.3, -0.25) is 9.59 Å². The van der Waals surface area contributed by atoms with Gasteiger partial charge in [0.25, 0.3) is 5.91 Å². The summed E-state index contributed by atoms with van der Waals surface area (Å²) in [4.78, 5) is 34.2. The molecular formula is C28H30ClN3O3. The maximum Gasteiger partial charge on any atom is 0.259 e. The molecule has 0 aliphatic carbocycles. The minimum atomic E-state index is -0.325. The molecule has 1 aliphatic rings. The highest BCUT2D eigenvalue weighted by molar-refractivity contribution is 6.30. The highest BCUT2D eigenvalue weighted by Crippen LogP contribution is 2.16. The number of nitrogens with one attached hydrogen (secondary N) is 1. The Morgan fingerprint density at radius 1 is 1.11 bits per heavy atom. The minimum Gasteiger partial charge on any atom is -0.384 e. The first-order valence-corrected chi connectivity index (χ1v) is 12.4. The van der Waals surface area contributed by atoms with Crippen LogP contribution in [0.4, 0.5) is 0 Å². The van der Waals surface area contributed by atoms with Gasteiger partial charge in [-0.2, -0.15) is 0 Å². The number of carbonyl (C=O) groups excluding carboxylic acids is 1. The van der Waals surface area contributed by atoms with Gasteiger partial charge in [0.05, 0.1) is 0 Å². The standard InChI is InChI=1S/C28H30ClN3O3/c29-23-10-7-22(8-11-23)20-32(16-5-15-31-13-2-1-3-14-31)28(35)25-19-30-26-12-9-21(6-4-17-33)18-24(26)27(25)34/h7-12,18-19,33H,1-3,5,13-17,20H2,(H,30,34). The lowest BCUT2D eigenvalue weighted by atomic mass is 10.1.